The second-order valence-electron chi connectivity index (χ2n) is 7.78. The monoisotopic (exact) mass is 410 g/mol. The topological polar surface area (TPSA) is 117 Å². The van der Waals surface area contributed by atoms with Crippen molar-refractivity contribution in [3.05, 3.63) is 0 Å². The lowest BCUT2D eigenvalue weighted by Gasteiger charge is -2.39. The van der Waals surface area contributed by atoms with Gasteiger partial charge in [0.2, 0.25) is 11.7 Å². The maximum atomic E-state index is 13.3. The molecule has 2 fully saturated rings. The molecule has 9 heteroatoms. The zero-order chi connectivity index (χ0) is 21.3. The van der Waals surface area contributed by atoms with Crippen LogP contribution >= 0.6 is 0 Å². The fourth-order valence-electron chi connectivity index (χ4n) is 3.87. The predicted octanol–water partition coefficient (Wildman–Crippen LogP) is 0.721. The summed E-state index contributed by atoms with van der Waals surface area (Å²) in [6.45, 7) is 3.91. The lowest BCUT2D eigenvalue weighted by molar-refractivity contribution is -0.140. The Morgan fingerprint density at radius 1 is 1.07 bits per heavy atom. The molecule has 0 spiro atoms. The van der Waals surface area contributed by atoms with E-state index in [1.807, 2.05) is 6.92 Å². The Bertz CT molecular complexity index is 598. The summed E-state index contributed by atoms with van der Waals surface area (Å²) < 4.78 is 5.29. The lowest BCUT2D eigenvalue weighted by atomic mass is 9.80. The Hall–Kier alpha value is -2.16. The molecule has 1 unspecified atom stereocenters. The molecule has 0 aromatic rings. The van der Waals surface area contributed by atoms with E-state index >= 15 is 0 Å². The van der Waals surface area contributed by atoms with Gasteiger partial charge in [-0.25, -0.2) is 4.79 Å². The first-order chi connectivity index (χ1) is 13.9. The summed E-state index contributed by atoms with van der Waals surface area (Å²) in [7, 11) is 1.39. The van der Waals surface area contributed by atoms with Gasteiger partial charge >= 0.3 is 6.03 Å². The van der Waals surface area contributed by atoms with Gasteiger partial charge in [-0.05, 0) is 19.3 Å². The molecule has 2 aliphatic rings. The SMILES string of the molecule is CCCCC(NC(=O)C1(NC(=O)N2CCOCC2)CCCCC1)C(=O)C(=O)NC. The number of unbranched alkanes of at least 4 members (excludes halogenated alkanes) is 1. The van der Waals surface area contributed by atoms with Crippen LogP contribution in [0.4, 0.5) is 4.79 Å². The van der Waals surface area contributed by atoms with E-state index in [9.17, 15) is 19.2 Å². The Morgan fingerprint density at radius 2 is 1.72 bits per heavy atom. The van der Waals surface area contributed by atoms with Gasteiger partial charge in [0.15, 0.2) is 0 Å². The predicted molar refractivity (Wildman–Crippen MR) is 107 cm³/mol. The third-order valence-electron chi connectivity index (χ3n) is 5.71. The third kappa shape index (κ3) is 6.16. The number of nitrogens with zero attached hydrogens (tertiary/aromatic N) is 1. The molecule has 1 aliphatic heterocycles. The summed E-state index contributed by atoms with van der Waals surface area (Å²) >= 11 is 0. The van der Waals surface area contributed by atoms with E-state index in [-0.39, 0.29) is 11.9 Å². The second kappa shape index (κ2) is 11.1. The Labute approximate surface area is 172 Å². The van der Waals surface area contributed by atoms with Crippen LogP contribution in [-0.2, 0) is 19.1 Å². The average molecular weight is 411 g/mol. The van der Waals surface area contributed by atoms with Crippen molar-refractivity contribution in [1.82, 2.24) is 20.9 Å². The zero-order valence-corrected chi connectivity index (χ0v) is 17.6. The standard InChI is InChI=1S/C20H34N4O5/c1-3-4-8-15(16(25)17(26)21-2)22-18(27)20(9-6-5-7-10-20)23-19(28)24-11-13-29-14-12-24/h15H,3-14H2,1-2H3,(H,21,26)(H,22,27)(H,23,28). The number of hydrogen-bond donors (Lipinski definition) is 3. The molecule has 29 heavy (non-hydrogen) atoms. The summed E-state index contributed by atoms with van der Waals surface area (Å²) in [6, 6.07) is -1.17. The summed E-state index contributed by atoms with van der Waals surface area (Å²) in [5, 5.41) is 8.06. The van der Waals surface area contributed by atoms with E-state index in [1.165, 1.54) is 7.05 Å². The van der Waals surface area contributed by atoms with Gasteiger partial charge in [0.25, 0.3) is 5.91 Å². The largest absolute Gasteiger partial charge is 0.378 e. The first kappa shape index (κ1) is 23.1. The summed E-state index contributed by atoms with van der Waals surface area (Å²) in [5.41, 5.74) is -1.05. The first-order valence-corrected chi connectivity index (χ1v) is 10.6. The fraction of sp³-hybridized carbons (Fsp3) is 0.800. The first-order valence-electron chi connectivity index (χ1n) is 10.6. The van der Waals surface area contributed by atoms with Gasteiger partial charge in [-0.2, -0.15) is 0 Å². The third-order valence-corrected chi connectivity index (χ3v) is 5.71. The van der Waals surface area contributed by atoms with E-state index in [1.54, 1.807) is 4.90 Å². The van der Waals surface area contributed by atoms with E-state index in [4.69, 9.17) is 4.74 Å². The molecule has 2 rings (SSSR count). The van der Waals surface area contributed by atoms with Gasteiger partial charge in [0.05, 0.1) is 19.3 Å². The number of carbonyl (C=O) groups is 4. The van der Waals surface area contributed by atoms with Crippen LogP contribution < -0.4 is 16.0 Å². The van der Waals surface area contributed by atoms with Crippen LogP contribution in [0.5, 0.6) is 0 Å². The highest BCUT2D eigenvalue weighted by atomic mass is 16.5. The number of urea groups is 1. The number of amides is 4. The molecule has 164 valence electrons. The molecule has 0 radical (unpaired) electrons. The molecule has 1 saturated carbocycles. The van der Waals surface area contributed by atoms with Crippen LogP contribution in [0.3, 0.4) is 0 Å². The minimum atomic E-state index is -1.05. The maximum absolute atomic E-state index is 13.3. The van der Waals surface area contributed by atoms with Crippen LogP contribution in [0.25, 0.3) is 0 Å². The number of ether oxygens (including phenoxy) is 1. The van der Waals surface area contributed by atoms with E-state index in [0.29, 0.717) is 52.0 Å². The number of morpholine rings is 1. The van der Waals surface area contributed by atoms with Crippen molar-refractivity contribution >= 4 is 23.6 Å². The van der Waals surface area contributed by atoms with Gasteiger partial charge in [-0.15, -0.1) is 0 Å². The second-order valence-corrected chi connectivity index (χ2v) is 7.78. The van der Waals surface area contributed by atoms with Crippen molar-refractivity contribution < 1.29 is 23.9 Å². The molecule has 3 N–H and O–H groups in total. The van der Waals surface area contributed by atoms with Crippen LogP contribution in [0.1, 0.15) is 58.3 Å². The normalized spacial score (nSPS) is 19.7. The number of ketones is 1. The molecule has 1 saturated heterocycles. The molecular formula is C20H34N4O5. The van der Waals surface area contributed by atoms with Gasteiger partial charge in [-0.1, -0.05) is 39.0 Å². The quantitative estimate of drug-likeness (QED) is 0.510. The molecular weight excluding hydrogens is 376 g/mol. The highest BCUT2D eigenvalue weighted by Crippen LogP contribution is 2.29. The van der Waals surface area contributed by atoms with Crippen LogP contribution in [-0.4, -0.2) is 73.5 Å². The number of hydrogen-bond acceptors (Lipinski definition) is 5. The van der Waals surface area contributed by atoms with Gasteiger partial charge in [-0.3, -0.25) is 14.4 Å². The Morgan fingerprint density at radius 3 is 2.31 bits per heavy atom. The van der Waals surface area contributed by atoms with Crippen LogP contribution in [0, 0.1) is 0 Å². The van der Waals surface area contributed by atoms with Gasteiger partial charge in [0.1, 0.15) is 5.54 Å². The van der Waals surface area contributed by atoms with Crippen LogP contribution in [0.15, 0.2) is 0 Å². The molecule has 1 aliphatic carbocycles. The van der Waals surface area contributed by atoms with Gasteiger partial charge < -0.3 is 25.6 Å². The Kier molecular flexibility index (Phi) is 8.88. The minimum absolute atomic E-state index is 0.284. The smallest absolute Gasteiger partial charge is 0.318 e. The minimum Gasteiger partial charge on any atom is -0.378 e. The van der Waals surface area contributed by atoms with Crippen molar-refractivity contribution in [1.29, 1.82) is 0 Å². The lowest BCUT2D eigenvalue weighted by Crippen LogP contribution is -2.64. The van der Waals surface area contributed by atoms with Crippen molar-refractivity contribution in [2.45, 2.75) is 69.9 Å². The molecule has 0 aromatic carbocycles. The number of carbonyl (C=O) groups excluding carboxylic acids is 4. The summed E-state index contributed by atoms with van der Waals surface area (Å²) in [5.74, 6) is -1.75. The zero-order valence-electron chi connectivity index (χ0n) is 17.6. The van der Waals surface area contributed by atoms with Crippen LogP contribution in [0.2, 0.25) is 0 Å². The molecule has 1 heterocycles. The highest BCUT2D eigenvalue weighted by molar-refractivity contribution is 6.38. The van der Waals surface area contributed by atoms with Crippen molar-refractivity contribution in [2.75, 3.05) is 33.4 Å². The Balaban J connectivity index is 2.13. The molecule has 4 amide bonds. The average Bonchev–Trinajstić information content (AvgIpc) is 2.76. The van der Waals surface area contributed by atoms with Gasteiger partial charge in [0, 0.05) is 20.1 Å². The summed E-state index contributed by atoms with van der Waals surface area (Å²) in [4.78, 5) is 52.0. The molecule has 0 aromatic heterocycles. The molecule has 0 bridgehead atoms. The number of likely N-dealkylation sites (N-methyl/N-ethyl adjacent to an activating group) is 1. The van der Waals surface area contributed by atoms with Crippen molar-refractivity contribution in [3.63, 3.8) is 0 Å². The van der Waals surface area contributed by atoms with Crippen molar-refractivity contribution in [2.24, 2.45) is 0 Å². The van der Waals surface area contributed by atoms with Crippen molar-refractivity contribution in [3.8, 4) is 0 Å². The van der Waals surface area contributed by atoms with E-state index in [0.717, 1.165) is 25.7 Å². The number of Topliss-reactive ketones (excluding diaryl/α,β-unsaturated/α-hetero) is 1. The fourth-order valence-corrected chi connectivity index (χ4v) is 3.87. The molecule has 1 atom stereocenters. The van der Waals surface area contributed by atoms with E-state index < -0.39 is 23.3 Å². The number of nitrogens with one attached hydrogen (secondary N) is 3. The maximum Gasteiger partial charge on any atom is 0.318 e. The number of rotatable bonds is 8. The highest BCUT2D eigenvalue weighted by Gasteiger charge is 2.43. The van der Waals surface area contributed by atoms with E-state index in [2.05, 4.69) is 16.0 Å². The summed E-state index contributed by atoms with van der Waals surface area (Å²) in [6.07, 6.45) is 5.61. The molecule has 9 nitrogen and oxygen atoms in total.